The normalized spacial score (nSPS) is 17.2. The van der Waals surface area contributed by atoms with E-state index < -0.39 is 17.7 Å². The quantitative estimate of drug-likeness (QED) is 0.302. The third-order valence-corrected chi connectivity index (χ3v) is 6.37. The zero-order chi connectivity index (χ0) is 25.7. The smallest absolute Gasteiger partial charge is 1.00 e. The molecule has 3 heterocycles. The van der Waals surface area contributed by atoms with Crippen LogP contribution in [0.1, 0.15) is 38.5 Å². The molecular weight excluding hydrogens is 507 g/mol. The number of esters is 1. The fourth-order valence-electron chi connectivity index (χ4n) is 4.80. The van der Waals surface area contributed by atoms with E-state index in [0.717, 1.165) is 28.9 Å². The van der Waals surface area contributed by atoms with Crippen LogP contribution in [0, 0.1) is 11.6 Å². The van der Waals surface area contributed by atoms with Crippen LogP contribution in [0.5, 0.6) is 17.5 Å². The number of aromatic nitrogens is 2. The molecule has 192 valence electrons. The molecule has 0 spiro atoms. The third kappa shape index (κ3) is 4.57. The molecule has 0 saturated heterocycles. The Hall–Kier alpha value is -3.34. The number of anilines is 1. The van der Waals surface area contributed by atoms with E-state index in [4.69, 9.17) is 18.9 Å². The Bertz CT molecular complexity index is 1550. The molecule has 11 heteroatoms. The summed E-state index contributed by atoms with van der Waals surface area (Å²) in [4.78, 5) is 15.7. The molecule has 6 rings (SSSR count). The van der Waals surface area contributed by atoms with Crippen LogP contribution in [0.2, 0.25) is 0 Å². The number of hydrogen-bond acceptors (Lipinski definition) is 7. The number of carbonyl (C=O) groups excluding carboxylic acids is 1. The standard InChI is InChI=1S/C27H23F2N3O5.Na.H/c1-3-34-27-31-20-10-18(28)19(29)11-23(20)32(27)22-6-4-5-16-21(12-36-26(16)22)30-15-7-8-17-24(9-15)35-13-25(17)37-14(2)33;;/h4-11,21,25,30H,3,12-13H2,1-2H3;;/q;+1;-1/t21-,25-;;/m1../s1. The number of ether oxygens (including phenoxy) is 4. The molecule has 0 radical (unpaired) electrons. The Morgan fingerprint density at radius 3 is 2.74 bits per heavy atom. The van der Waals surface area contributed by atoms with Gasteiger partial charge in [0.05, 0.1) is 29.4 Å². The molecule has 0 unspecified atom stereocenters. The number of halogens is 2. The van der Waals surface area contributed by atoms with Crippen molar-refractivity contribution in [1.82, 2.24) is 9.55 Å². The van der Waals surface area contributed by atoms with Gasteiger partial charge >= 0.3 is 41.5 Å². The van der Waals surface area contributed by atoms with Gasteiger partial charge in [0.1, 0.15) is 24.7 Å². The average Bonchev–Trinajstić information content (AvgIpc) is 3.55. The fraction of sp³-hybridized carbons (Fsp3) is 0.259. The first-order valence-electron chi connectivity index (χ1n) is 11.9. The van der Waals surface area contributed by atoms with E-state index in [1.807, 2.05) is 43.3 Å². The van der Waals surface area contributed by atoms with Gasteiger partial charge < -0.3 is 25.7 Å². The Morgan fingerprint density at radius 2 is 1.95 bits per heavy atom. The predicted octanol–water partition coefficient (Wildman–Crippen LogP) is 2.36. The van der Waals surface area contributed by atoms with Crippen LogP contribution < -0.4 is 49.1 Å². The van der Waals surface area contributed by atoms with Crippen LogP contribution in [-0.2, 0) is 9.53 Å². The van der Waals surface area contributed by atoms with Gasteiger partial charge in [-0.15, -0.1) is 0 Å². The number of rotatable bonds is 6. The van der Waals surface area contributed by atoms with E-state index in [-0.39, 0.29) is 61.1 Å². The zero-order valence-corrected chi connectivity index (χ0v) is 23.1. The van der Waals surface area contributed by atoms with E-state index in [1.54, 1.807) is 4.57 Å². The fourth-order valence-corrected chi connectivity index (χ4v) is 4.80. The second-order valence-electron chi connectivity index (χ2n) is 8.78. The molecule has 2 atom stereocenters. The van der Waals surface area contributed by atoms with E-state index >= 15 is 0 Å². The number of nitrogens with zero attached hydrogens (tertiary/aromatic N) is 2. The molecule has 8 nitrogen and oxygen atoms in total. The SMILES string of the molecule is CCOc1nc2cc(F)c(F)cc2n1-c1cccc2c1OC[C@H]2Nc1ccc2c(c1)OC[C@H]2OC(C)=O.[H-].[Na+]. The number of nitrogens with one attached hydrogen (secondary N) is 1. The van der Waals surface area contributed by atoms with Crippen LogP contribution >= 0.6 is 0 Å². The summed E-state index contributed by atoms with van der Waals surface area (Å²) in [6.45, 7) is 4.14. The second kappa shape index (κ2) is 10.4. The molecule has 0 fully saturated rings. The first-order chi connectivity index (χ1) is 17.9. The maximum atomic E-state index is 14.2. The minimum Gasteiger partial charge on any atom is -1.00 e. The number of imidazole rings is 1. The number of fused-ring (bicyclic) bond motifs is 3. The van der Waals surface area contributed by atoms with Crippen LogP contribution in [0.25, 0.3) is 16.7 Å². The Kier molecular flexibility index (Phi) is 7.21. The maximum Gasteiger partial charge on any atom is 1.00 e. The molecule has 0 amide bonds. The minimum absolute atomic E-state index is 0. The monoisotopic (exact) mass is 531 g/mol. The number of para-hydroxylation sites is 1. The summed E-state index contributed by atoms with van der Waals surface area (Å²) >= 11 is 0. The van der Waals surface area contributed by atoms with Crippen molar-refractivity contribution in [3.05, 3.63) is 71.3 Å². The molecule has 38 heavy (non-hydrogen) atoms. The van der Waals surface area contributed by atoms with Crippen LogP contribution in [-0.4, -0.2) is 35.3 Å². The van der Waals surface area contributed by atoms with E-state index in [9.17, 15) is 13.6 Å². The van der Waals surface area contributed by atoms with Crippen molar-refractivity contribution in [1.29, 1.82) is 0 Å². The number of hydrogen-bond donors (Lipinski definition) is 1. The molecular formula is C27H24F2N3NaO5. The van der Waals surface area contributed by atoms with Crippen molar-refractivity contribution in [2.45, 2.75) is 26.0 Å². The molecule has 2 aliphatic rings. The van der Waals surface area contributed by atoms with E-state index in [1.165, 1.54) is 6.92 Å². The van der Waals surface area contributed by atoms with Gasteiger partial charge in [-0.05, 0) is 25.1 Å². The van der Waals surface area contributed by atoms with Gasteiger partial charge in [-0.1, -0.05) is 12.1 Å². The summed E-state index contributed by atoms with van der Waals surface area (Å²) in [7, 11) is 0. The molecule has 0 aliphatic carbocycles. The summed E-state index contributed by atoms with van der Waals surface area (Å²) in [6, 6.07) is 13.5. The van der Waals surface area contributed by atoms with E-state index in [2.05, 4.69) is 10.3 Å². The first kappa shape index (κ1) is 26.3. The van der Waals surface area contributed by atoms with Crippen molar-refractivity contribution >= 4 is 22.7 Å². The van der Waals surface area contributed by atoms with Crippen molar-refractivity contribution in [2.75, 3.05) is 25.1 Å². The molecule has 1 N–H and O–H groups in total. The van der Waals surface area contributed by atoms with Gasteiger partial charge in [0.15, 0.2) is 17.7 Å². The van der Waals surface area contributed by atoms with Crippen LogP contribution in [0.3, 0.4) is 0 Å². The number of benzene rings is 3. The Balaban J connectivity index is 0.00000176. The van der Waals surface area contributed by atoms with Crippen LogP contribution in [0.4, 0.5) is 14.5 Å². The number of carbonyl (C=O) groups is 1. The van der Waals surface area contributed by atoms with Gasteiger partial charge in [-0.2, -0.15) is 4.98 Å². The molecule has 0 bridgehead atoms. The van der Waals surface area contributed by atoms with Gasteiger partial charge in [-0.25, -0.2) is 8.78 Å². The zero-order valence-electron chi connectivity index (χ0n) is 22.1. The van der Waals surface area contributed by atoms with Gasteiger partial charge in [0.25, 0.3) is 0 Å². The van der Waals surface area contributed by atoms with Gasteiger partial charge in [0, 0.05) is 41.9 Å². The summed E-state index contributed by atoms with van der Waals surface area (Å²) < 4.78 is 52.5. The summed E-state index contributed by atoms with van der Waals surface area (Å²) in [6.07, 6.45) is -0.414. The summed E-state index contributed by atoms with van der Waals surface area (Å²) in [5, 5.41) is 3.47. The first-order valence-corrected chi connectivity index (χ1v) is 11.9. The Labute approximate surface area is 240 Å². The predicted molar refractivity (Wildman–Crippen MR) is 132 cm³/mol. The van der Waals surface area contributed by atoms with Crippen molar-refractivity contribution in [3.63, 3.8) is 0 Å². The molecule has 0 saturated carbocycles. The summed E-state index contributed by atoms with van der Waals surface area (Å²) in [5.41, 5.74) is 3.79. The van der Waals surface area contributed by atoms with Crippen molar-refractivity contribution in [2.24, 2.45) is 0 Å². The van der Waals surface area contributed by atoms with Crippen LogP contribution in [0.15, 0.2) is 48.5 Å². The molecule has 2 aliphatic heterocycles. The average molecular weight is 531 g/mol. The molecule has 4 aromatic rings. The minimum atomic E-state index is -0.975. The van der Waals surface area contributed by atoms with Gasteiger partial charge in [-0.3, -0.25) is 9.36 Å². The maximum absolute atomic E-state index is 14.2. The third-order valence-electron chi connectivity index (χ3n) is 6.37. The molecule has 3 aromatic carbocycles. The summed E-state index contributed by atoms with van der Waals surface area (Å²) in [5.74, 6) is -1.05. The van der Waals surface area contributed by atoms with Gasteiger partial charge in [0.2, 0.25) is 0 Å². The second-order valence-corrected chi connectivity index (χ2v) is 8.78. The largest absolute Gasteiger partial charge is 1.00 e. The topological polar surface area (TPSA) is 83.8 Å². The Morgan fingerprint density at radius 1 is 1.13 bits per heavy atom. The van der Waals surface area contributed by atoms with Crippen molar-refractivity contribution < 1.29 is 63.5 Å². The van der Waals surface area contributed by atoms with E-state index in [0.29, 0.717) is 35.9 Å². The molecule has 1 aromatic heterocycles. The van der Waals surface area contributed by atoms with Crippen molar-refractivity contribution in [3.8, 4) is 23.2 Å².